The molecule has 3 amide bonds. The van der Waals surface area contributed by atoms with Gasteiger partial charge in [-0.05, 0) is 30.3 Å². The Hall–Kier alpha value is -3.20. The smallest absolute Gasteiger partial charge is 0.254 e. The van der Waals surface area contributed by atoms with E-state index in [-0.39, 0.29) is 18.0 Å². The van der Waals surface area contributed by atoms with Gasteiger partial charge >= 0.3 is 0 Å². The Morgan fingerprint density at radius 3 is 2.66 bits per heavy atom. The van der Waals surface area contributed by atoms with E-state index in [1.54, 1.807) is 12.1 Å². The number of piperazine rings is 1. The molecule has 3 rings (SSSR count). The van der Waals surface area contributed by atoms with Crippen LogP contribution in [0.25, 0.3) is 0 Å². The van der Waals surface area contributed by atoms with Crippen molar-refractivity contribution in [3.8, 4) is 0 Å². The summed E-state index contributed by atoms with van der Waals surface area (Å²) in [6.07, 6.45) is 0. The molecule has 0 aromatic heterocycles. The molecular formula is C19H17ClF2N4O3. The van der Waals surface area contributed by atoms with Crippen LogP contribution in [0.4, 0.5) is 20.2 Å². The highest BCUT2D eigenvalue weighted by Crippen LogP contribution is 2.29. The lowest BCUT2D eigenvalue weighted by Crippen LogP contribution is -2.47. The summed E-state index contributed by atoms with van der Waals surface area (Å²) in [4.78, 5) is 37.3. The summed E-state index contributed by atoms with van der Waals surface area (Å²) in [5, 5.41) is 7.90. The van der Waals surface area contributed by atoms with Gasteiger partial charge in [-0.3, -0.25) is 14.4 Å². The molecule has 0 aliphatic carbocycles. The van der Waals surface area contributed by atoms with E-state index >= 15 is 0 Å². The Morgan fingerprint density at radius 1 is 1.17 bits per heavy atom. The third kappa shape index (κ3) is 5.20. The minimum absolute atomic E-state index is 0.0990. The van der Waals surface area contributed by atoms with Crippen molar-refractivity contribution < 1.29 is 23.2 Å². The summed E-state index contributed by atoms with van der Waals surface area (Å²) in [5.41, 5.74) is 0.698. The van der Waals surface area contributed by atoms with E-state index in [2.05, 4.69) is 16.0 Å². The Kier molecular flexibility index (Phi) is 6.28. The average molecular weight is 423 g/mol. The van der Waals surface area contributed by atoms with Crippen molar-refractivity contribution >= 4 is 40.7 Å². The Labute approximate surface area is 170 Å². The van der Waals surface area contributed by atoms with Gasteiger partial charge in [-0.1, -0.05) is 11.6 Å². The highest BCUT2D eigenvalue weighted by Gasteiger charge is 2.19. The molecule has 7 nitrogen and oxygen atoms in total. The number of nitrogens with one attached hydrogen (secondary N) is 3. The van der Waals surface area contributed by atoms with Crippen LogP contribution in [0, 0.1) is 11.6 Å². The number of carbonyl (C=O) groups is 3. The molecule has 0 bridgehead atoms. The largest absolute Gasteiger partial charge is 0.359 e. The minimum atomic E-state index is -1.02. The molecule has 2 aromatic carbocycles. The molecule has 0 spiro atoms. The number of halogens is 3. The number of amides is 3. The highest BCUT2D eigenvalue weighted by molar-refractivity contribution is 6.33. The van der Waals surface area contributed by atoms with Crippen molar-refractivity contribution in [1.82, 2.24) is 10.6 Å². The second-order valence-corrected chi connectivity index (χ2v) is 6.70. The second-order valence-electron chi connectivity index (χ2n) is 6.29. The van der Waals surface area contributed by atoms with E-state index in [1.165, 1.54) is 6.07 Å². The summed E-state index contributed by atoms with van der Waals surface area (Å²) in [6, 6.07) is 7.37. The fourth-order valence-electron chi connectivity index (χ4n) is 2.82. The van der Waals surface area contributed by atoms with Gasteiger partial charge in [-0.15, -0.1) is 0 Å². The van der Waals surface area contributed by atoms with E-state index in [1.807, 2.05) is 4.90 Å². The van der Waals surface area contributed by atoms with Crippen LogP contribution < -0.4 is 20.9 Å². The molecule has 29 heavy (non-hydrogen) atoms. The van der Waals surface area contributed by atoms with E-state index in [4.69, 9.17) is 11.6 Å². The van der Waals surface area contributed by atoms with Gasteiger partial charge in [-0.2, -0.15) is 0 Å². The molecule has 2 aromatic rings. The predicted octanol–water partition coefficient (Wildman–Crippen LogP) is 1.92. The van der Waals surface area contributed by atoms with Crippen LogP contribution in [0.3, 0.4) is 0 Å². The van der Waals surface area contributed by atoms with Gasteiger partial charge in [0.25, 0.3) is 5.91 Å². The molecule has 10 heteroatoms. The maximum Gasteiger partial charge on any atom is 0.254 e. The number of hydrogen-bond donors (Lipinski definition) is 3. The van der Waals surface area contributed by atoms with Crippen molar-refractivity contribution in [1.29, 1.82) is 0 Å². The summed E-state index contributed by atoms with van der Waals surface area (Å²) in [5.74, 6) is -3.31. The van der Waals surface area contributed by atoms with Gasteiger partial charge in [0.05, 0.1) is 29.4 Å². The molecule has 0 radical (unpaired) electrons. The van der Waals surface area contributed by atoms with Gasteiger partial charge in [0, 0.05) is 24.8 Å². The van der Waals surface area contributed by atoms with Crippen molar-refractivity contribution in [3.05, 3.63) is 58.6 Å². The third-order valence-electron chi connectivity index (χ3n) is 4.20. The first-order chi connectivity index (χ1) is 13.8. The van der Waals surface area contributed by atoms with Crippen LogP contribution in [0.2, 0.25) is 5.02 Å². The average Bonchev–Trinajstić information content (AvgIpc) is 2.66. The number of rotatable bonds is 5. The van der Waals surface area contributed by atoms with E-state index in [0.29, 0.717) is 35.6 Å². The van der Waals surface area contributed by atoms with Crippen molar-refractivity contribution in [2.75, 3.05) is 36.4 Å². The first-order valence-corrected chi connectivity index (χ1v) is 9.05. The van der Waals surface area contributed by atoms with E-state index in [9.17, 15) is 23.2 Å². The zero-order valence-electron chi connectivity index (χ0n) is 15.1. The summed E-state index contributed by atoms with van der Waals surface area (Å²) >= 11 is 6.26. The van der Waals surface area contributed by atoms with Crippen molar-refractivity contribution in [3.63, 3.8) is 0 Å². The number of carbonyl (C=O) groups excluding carboxylic acids is 3. The predicted molar refractivity (Wildman–Crippen MR) is 104 cm³/mol. The molecule has 0 unspecified atom stereocenters. The molecular weight excluding hydrogens is 406 g/mol. The maximum atomic E-state index is 13.6. The molecule has 0 atom stereocenters. The molecule has 1 heterocycles. The van der Waals surface area contributed by atoms with Crippen LogP contribution in [-0.2, 0) is 9.59 Å². The highest BCUT2D eigenvalue weighted by atomic mass is 35.5. The number of anilines is 2. The maximum absolute atomic E-state index is 13.6. The zero-order chi connectivity index (χ0) is 21.0. The normalized spacial score (nSPS) is 13.6. The zero-order valence-corrected chi connectivity index (χ0v) is 15.9. The Balaban J connectivity index is 1.57. The van der Waals surface area contributed by atoms with Gasteiger partial charge < -0.3 is 20.9 Å². The number of benzene rings is 2. The standard InChI is InChI=1S/C19H17ClF2N4O3/c20-14-8-12(2-4-16(14)26-6-5-23-18(28)10-26)25-17(27)9-24-19(29)13-3-1-11(21)7-15(13)22/h1-4,7-8H,5-6,9-10H2,(H,23,28)(H,24,29)(H,25,27). The lowest BCUT2D eigenvalue weighted by molar-refractivity contribution is -0.120. The topological polar surface area (TPSA) is 90.5 Å². The lowest BCUT2D eigenvalue weighted by Gasteiger charge is -2.29. The third-order valence-corrected chi connectivity index (χ3v) is 4.50. The SMILES string of the molecule is O=C1CN(c2ccc(NC(=O)CNC(=O)c3ccc(F)cc3F)cc2Cl)CCN1. The van der Waals surface area contributed by atoms with Gasteiger partial charge in [0.1, 0.15) is 11.6 Å². The van der Waals surface area contributed by atoms with Gasteiger partial charge in [-0.25, -0.2) is 8.78 Å². The van der Waals surface area contributed by atoms with E-state index in [0.717, 1.165) is 12.1 Å². The van der Waals surface area contributed by atoms with Crippen molar-refractivity contribution in [2.24, 2.45) is 0 Å². The number of nitrogens with zero attached hydrogens (tertiary/aromatic N) is 1. The van der Waals surface area contributed by atoms with Gasteiger partial charge in [0.2, 0.25) is 11.8 Å². The Bertz CT molecular complexity index is 970. The molecule has 3 N–H and O–H groups in total. The van der Waals surface area contributed by atoms with Crippen LogP contribution in [0.1, 0.15) is 10.4 Å². The molecule has 1 aliphatic rings. The van der Waals surface area contributed by atoms with Crippen LogP contribution >= 0.6 is 11.6 Å². The first-order valence-electron chi connectivity index (χ1n) is 8.68. The molecule has 1 aliphatic heterocycles. The molecule has 152 valence electrons. The van der Waals surface area contributed by atoms with E-state index < -0.39 is 30.0 Å². The fourth-order valence-corrected chi connectivity index (χ4v) is 3.12. The Morgan fingerprint density at radius 2 is 1.97 bits per heavy atom. The second kappa shape index (κ2) is 8.87. The van der Waals surface area contributed by atoms with Crippen LogP contribution in [0.5, 0.6) is 0 Å². The van der Waals surface area contributed by atoms with Crippen LogP contribution in [-0.4, -0.2) is 43.9 Å². The van der Waals surface area contributed by atoms with Crippen LogP contribution in [0.15, 0.2) is 36.4 Å². The first kappa shape index (κ1) is 20.5. The monoisotopic (exact) mass is 422 g/mol. The lowest BCUT2D eigenvalue weighted by atomic mass is 10.2. The van der Waals surface area contributed by atoms with Crippen molar-refractivity contribution in [2.45, 2.75) is 0 Å². The number of hydrogen-bond acceptors (Lipinski definition) is 4. The minimum Gasteiger partial charge on any atom is -0.359 e. The summed E-state index contributed by atoms with van der Waals surface area (Å²) in [6.45, 7) is 0.907. The van der Waals surface area contributed by atoms with Gasteiger partial charge in [0.15, 0.2) is 0 Å². The molecule has 1 fully saturated rings. The molecule has 0 saturated carbocycles. The quantitative estimate of drug-likeness (QED) is 0.686. The molecule has 1 saturated heterocycles. The summed E-state index contributed by atoms with van der Waals surface area (Å²) < 4.78 is 26.5. The summed E-state index contributed by atoms with van der Waals surface area (Å²) in [7, 11) is 0. The fraction of sp³-hybridized carbons (Fsp3) is 0.211.